The molecule has 1 saturated heterocycles. The van der Waals surface area contributed by atoms with Crippen LogP contribution in [0.1, 0.15) is 62.6 Å². The van der Waals surface area contributed by atoms with Crippen molar-refractivity contribution < 1.29 is 9.47 Å². The van der Waals surface area contributed by atoms with E-state index >= 15 is 0 Å². The number of likely N-dealkylation sites (tertiary alicyclic amines) is 1. The van der Waals surface area contributed by atoms with Gasteiger partial charge in [-0.15, -0.1) is 0 Å². The Kier molecular flexibility index (Phi) is 6.74. The van der Waals surface area contributed by atoms with E-state index in [-0.39, 0.29) is 0 Å². The highest BCUT2D eigenvalue weighted by atomic mass is 16.5. The summed E-state index contributed by atoms with van der Waals surface area (Å²) in [5, 5.41) is 3.84. The van der Waals surface area contributed by atoms with Crippen LogP contribution in [-0.4, -0.2) is 44.3 Å². The lowest BCUT2D eigenvalue weighted by Gasteiger charge is -2.37. The molecule has 1 N–H and O–H groups in total. The Bertz CT molecular complexity index is 535. The monoisotopic (exact) mass is 346 g/mol. The number of nitrogens with zero attached hydrogens (tertiary/aromatic N) is 1. The van der Waals surface area contributed by atoms with Gasteiger partial charge in [-0.05, 0) is 63.4 Å². The van der Waals surface area contributed by atoms with Gasteiger partial charge in [-0.1, -0.05) is 18.9 Å². The maximum Gasteiger partial charge on any atom is 0.124 e. The van der Waals surface area contributed by atoms with Crippen molar-refractivity contribution in [3.8, 4) is 5.75 Å². The topological polar surface area (TPSA) is 33.7 Å². The minimum atomic E-state index is 0.351. The largest absolute Gasteiger partial charge is 0.496 e. The van der Waals surface area contributed by atoms with E-state index < -0.39 is 0 Å². The Morgan fingerprint density at radius 3 is 2.48 bits per heavy atom. The Labute approximate surface area is 152 Å². The van der Waals surface area contributed by atoms with E-state index in [1.807, 2.05) is 0 Å². The molecular formula is C21H34N2O2. The first-order valence-corrected chi connectivity index (χ1v) is 9.87. The van der Waals surface area contributed by atoms with Gasteiger partial charge in [0.25, 0.3) is 0 Å². The lowest BCUT2D eigenvalue weighted by Crippen LogP contribution is -2.46. The van der Waals surface area contributed by atoms with Gasteiger partial charge in [0, 0.05) is 30.8 Å². The molecule has 4 nitrogen and oxygen atoms in total. The number of ether oxygens (including phenoxy) is 2. The number of nitrogens with one attached hydrogen (secondary N) is 1. The molecule has 4 heteroatoms. The van der Waals surface area contributed by atoms with Gasteiger partial charge >= 0.3 is 0 Å². The van der Waals surface area contributed by atoms with Crippen LogP contribution >= 0.6 is 0 Å². The van der Waals surface area contributed by atoms with Gasteiger partial charge in [-0.3, -0.25) is 0 Å². The third-order valence-corrected chi connectivity index (χ3v) is 5.96. The van der Waals surface area contributed by atoms with Crippen LogP contribution in [0, 0.1) is 0 Å². The van der Waals surface area contributed by atoms with Crippen molar-refractivity contribution in [3.63, 3.8) is 0 Å². The summed E-state index contributed by atoms with van der Waals surface area (Å²) >= 11 is 0. The maximum atomic E-state index is 5.44. The summed E-state index contributed by atoms with van der Waals surface area (Å²) in [6.45, 7) is 5.37. The van der Waals surface area contributed by atoms with Crippen LogP contribution in [0.4, 0.5) is 0 Å². The third kappa shape index (κ3) is 4.75. The molecule has 0 aromatic heterocycles. The van der Waals surface area contributed by atoms with Crippen LogP contribution < -0.4 is 10.1 Å². The van der Waals surface area contributed by atoms with Gasteiger partial charge in [0.15, 0.2) is 0 Å². The maximum absolute atomic E-state index is 5.44. The van der Waals surface area contributed by atoms with Crippen LogP contribution in [0.25, 0.3) is 0 Å². The number of hydrogen-bond acceptors (Lipinski definition) is 4. The summed E-state index contributed by atoms with van der Waals surface area (Å²) in [5.74, 6) is 0.905. The molecule has 0 radical (unpaired) electrons. The molecule has 140 valence electrons. The van der Waals surface area contributed by atoms with E-state index in [4.69, 9.17) is 9.47 Å². The molecule has 0 bridgehead atoms. The van der Waals surface area contributed by atoms with Gasteiger partial charge < -0.3 is 19.7 Å². The number of benzene rings is 1. The second-order valence-corrected chi connectivity index (χ2v) is 7.64. The summed E-state index contributed by atoms with van der Waals surface area (Å²) in [5.41, 5.74) is 2.43. The van der Waals surface area contributed by atoms with Crippen molar-refractivity contribution >= 4 is 0 Å². The average molecular weight is 347 g/mol. The molecular weight excluding hydrogens is 312 g/mol. The second kappa shape index (κ2) is 9.02. The van der Waals surface area contributed by atoms with E-state index in [1.54, 1.807) is 14.2 Å². The highest BCUT2D eigenvalue weighted by Crippen LogP contribution is 2.28. The van der Waals surface area contributed by atoms with E-state index in [9.17, 15) is 0 Å². The van der Waals surface area contributed by atoms with Crippen molar-refractivity contribution in [3.05, 3.63) is 29.3 Å². The molecule has 25 heavy (non-hydrogen) atoms. The van der Waals surface area contributed by atoms with E-state index in [2.05, 4.69) is 35.3 Å². The molecule has 1 aromatic carbocycles. The SMILES string of the molecule is COCc1cc(C(C)NC2CCN(C3CCCC3)CC2)ccc1OC. The first-order valence-electron chi connectivity index (χ1n) is 9.87. The first kappa shape index (κ1) is 18.7. The van der Waals surface area contributed by atoms with Crippen molar-refractivity contribution in [1.29, 1.82) is 0 Å². The van der Waals surface area contributed by atoms with Crippen molar-refractivity contribution in [1.82, 2.24) is 10.2 Å². The highest BCUT2D eigenvalue weighted by Gasteiger charge is 2.27. The number of piperidine rings is 1. The molecule has 1 saturated carbocycles. The molecule has 1 aliphatic carbocycles. The molecule has 1 aliphatic heterocycles. The van der Waals surface area contributed by atoms with E-state index in [1.165, 1.54) is 57.2 Å². The Morgan fingerprint density at radius 2 is 1.84 bits per heavy atom. The fraction of sp³-hybridized carbons (Fsp3) is 0.714. The van der Waals surface area contributed by atoms with Crippen LogP contribution in [0.15, 0.2) is 18.2 Å². The molecule has 1 heterocycles. The van der Waals surface area contributed by atoms with Crippen LogP contribution in [0.2, 0.25) is 0 Å². The fourth-order valence-corrected chi connectivity index (χ4v) is 4.49. The summed E-state index contributed by atoms with van der Waals surface area (Å²) < 4.78 is 10.7. The number of methoxy groups -OCH3 is 2. The lowest BCUT2D eigenvalue weighted by molar-refractivity contribution is 0.141. The van der Waals surface area contributed by atoms with Crippen molar-refractivity contribution in [2.45, 2.75) is 70.2 Å². The number of hydrogen-bond donors (Lipinski definition) is 1. The van der Waals surface area contributed by atoms with Crippen LogP contribution in [0.3, 0.4) is 0 Å². The Hall–Kier alpha value is -1.10. The van der Waals surface area contributed by atoms with Crippen LogP contribution in [-0.2, 0) is 11.3 Å². The van der Waals surface area contributed by atoms with E-state index in [0.29, 0.717) is 18.7 Å². The fourth-order valence-electron chi connectivity index (χ4n) is 4.49. The number of rotatable bonds is 7. The molecule has 1 aromatic rings. The molecule has 0 amide bonds. The van der Waals surface area contributed by atoms with Gasteiger partial charge in [-0.2, -0.15) is 0 Å². The second-order valence-electron chi connectivity index (χ2n) is 7.64. The predicted molar refractivity (Wildman–Crippen MR) is 102 cm³/mol. The summed E-state index contributed by atoms with van der Waals surface area (Å²) in [6.07, 6.45) is 8.23. The first-order chi connectivity index (χ1) is 12.2. The molecule has 1 unspecified atom stereocenters. The highest BCUT2D eigenvalue weighted by molar-refractivity contribution is 5.38. The van der Waals surface area contributed by atoms with Gasteiger partial charge in [-0.25, -0.2) is 0 Å². The van der Waals surface area contributed by atoms with E-state index in [0.717, 1.165) is 17.4 Å². The quantitative estimate of drug-likeness (QED) is 0.812. The summed E-state index contributed by atoms with van der Waals surface area (Å²) in [4.78, 5) is 2.74. The van der Waals surface area contributed by atoms with Crippen molar-refractivity contribution in [2.24, 2.45) is 0 Å². The minimum Gasteiger partial charge on any atom is -0.496 e. The van der Waals surface area contributed by atoms with Crippen LogP contribution in [0.5, 0.6) is 5.75 Å². The summed E-state index contributed by atoms with van der Waals surface area (Å²) in [7, 11) is 3.44. The van der Waals surface area contributed by atoms with Crippen molar-refractivity contribution in [2.75, 3.05) is 27.3 Å². The zero-order chi connectivity index (χ0) is 17.6. The normalized spacial score (nSPS) is 21.6. The molecule has 0 spiro atoms. The van der Waals surface area contributed by atoms with Gasteiger partial charge in [0.1, 0.15) is 5.75 Å². The zero-order valence-corrected chi connectivity index (χ0v) is 16.1. The van der Waals surface area contributed by atoms with Gasteiger partial charge in [0.05, 0.1) is 13.7 Å². The average Bonchev–Trinajstić information content (AvgIpc) is 3.17. The zero-order valence-electron chi connectivity index (χ0n) is 16.1. The molecule has 1 atom stereocenters. The third-order valence-electron chi connectivity index (χ3n) is 5.96. The Morgan fingerprint density at radius 1 is 1.12 bits per heavy atom. The molecule has 2 aliphatic rings. The summed E-state index contributed by atoms with van der Waals surface area (Å²) in [6, 6.07) is 8.29. The molecule has 2 fully saturated rings. The minimum absolute atomic E-state index is 0.351. The standard InChI is InChI=1S/C21H34N2O2/c1-16(17-8-9-21(25-3)18(14-17)15-24-2)22-19-10-12-23(13-11-19)20-6-4-5-7-20/h8-9,14,16,19-20,22H,4-7,10-13,15H2,1-3H3. The predicted octanol–water partition coefficient (Wildman–Crippen LogP) is 3.90. The smallest absolute Gasteiger partial charge is 0.124 e. The Balaban J connectivity index is 1.53. The molecule has 3 rings (SSSR count). The van der Waals surface area contributed by atoms with Gasteiger partial charge in [0.2, 0.25) is 0 Å². The lowest BCUT2D eigenvalue weighted by atomic mass is 9.99.